The summed E-state index contributed by atoms with van der Waals surface area (Å²) in [6.45, 7) is 4.92. The number of carbonyl (C=O) groups excluding carboxylic acids is 1. The van der Waals surface area contributed by atoms with Gasteiger partial charge in [0, 0.05) is 24.8 Å². The molecule has 2 heterocycles. The van der Waals surface area contributed by atoms with Crippen LogP contribution in [0.4, 0.5) is 10.2 Å². The molecular weight excluding hydrogens is 311 g/mol. The van der Waals surface area contributed by atoms with Crippen molar-refractivity contribution < 1.29 is 13.9 Å². The summed E-state index contributed by atoms with van der Waals surface area (Å²) in [5, 5.41) is 2.67. The van der Waals surface area contributed by atoms with Crippen LogP contribution >= 0.6 is 0 Å². The zero-order chi connectivity index (χ0) is 16.9. The molecule has 1 aliphatic rings. The molecule has 2 aromatic rings. The molecule has 6 nitrogen and oxygen atoms in total. The Morgan fingerprint density at radius 2 is 2.04 bits per heavy atom. The van der Waals surface area contributed by atoms with Gasteiger partial charge < -0.3 is 15.0 Å². The van der Waals surface area contributed by atoms with Crippen LogP contribution in [0.3, 0.4) is 0 Å². The highest BCUT2D eigenvalue weighted by Gasteiger charge is 2.15. The number of hydrogen-bond donors (Lipinski definition) is 1. The molecule has 1 N–H and O–H groups in total. The van der Waals surface area contributed by atoms with Gasteiger partial charge in [-0.1, -0.05) is 12.1 Å². The first-order chi connectivity index (χ1) is 11.6. The molecule has 1 aliphatic heterocycles. The molecule has 24 heavy (non-hydrogen) atoms. The van der Waals surface area contributed by atoms with Crippen LogP contribution in [0.25, 0.3) is 0 Å². The Bertz CT molecular complexity index is 732. The minimum absolute atomic E-state index is 0.0126. The Kier molecular flexibility index (Phi) is 5.00. The molecule has 1 fully saturated rings. The van der Waals surface area contributed by atoms with Crippen molar-refractivity contribution in [2.45, 2.75) is 13.5 Å². The molecule has 1 saturated heterocycles. The summed E-state index contributed by atoms with van der Waals surface area (Å²) in [6, 6.07) is 7.78. The summed E-state index contributed by atoms with van der Waals surface area (Å²) in [5.41, 5.74) is 0.834. The average molecular weight is 330 g/mol. The van der Waals surface area contributed by atoms with Crippen LogP contribution in [0.5, 0.6) is 0 Å². The highest BCUT2D eigenvalue weighted by Crippen LogP contribution is 2.14. The van der Waals surface area contributed by atoms with E-state index in [0.717, 1.165) is 24.6 Å². The van der Waals surface area contributed by atoms with E-state index in [1.54, 1.807) is 12.1 Å². The van der Waals surface area contributed by atoms with Crippen molar-refractivity contribution in [3.8, 4) is 0 Å². The van der Waals surface area contributed by atoms with E-state index < -0.39 is 11.7 Å². The summed E-state index contributed by atoms with van der Waals surface area (Å²) in [5.74, 6) is 0.294. The number of nitrogens with zero attached hydrogens (tertiary/aromatic N) is 3. The van der Waals surface area contributed by atoms with Crippen molar-refractivity contribution in [2.24, 2.45) is 0 Å². The predicted molar refractivity (Wildman–Crippen MR) is 87.4 cm³/mol. The molecule has 0 atom stereocenters. The van der Waals surface area contributed by atoms with Gasteiger partial charge in [-0.15, -0.1) is 0 Å². The van der Waals surface area contributed by atoms with Crippen molar-refractivity contribution >= 4 is 11.7 Å². The zero-order valence-corrected chi connectivity index (χ0v) is 13.5. The maximum absolute atomic E-state index is 13.6. The van der Waals surface area contributed by atoms with Crippen LogP contribution in [0.2, 0.25) is 0 Å². The van der Waals surface area contributed by atoms with Crippen molar-refractivity contribution in [3.63, 3.8) is 0 Å². The van der Waals surface area contributed by atoms with Gasteiger partial charge in [-0.3, -0.25) is 4.79 Å². The van der Waals surface area contributed by atoms with Crippen LogP contribution in [0.1, 0.15) is 21.9 Å². The first-order valence-electron chi connectivity index (χ1n) is 7.83. The minimum atomic E-state index is -0.547. The van der Waals surface area contributed by atoms with Crippen molar-refractivity contribution in [3.05, 3.63) is 53.2 Å². The second-order valence-electron chi connectivity index (χ2n) is 5.55. The molecule has 7 heteroatoms. The molecule has 0 radical (unpaired) electrons. The number of carbonyl (C=O) groups is 1. The monoisotopic (exact) mass is 330 g/mol. The van der Waals surface area contributed by atoms with Gasteiger partial charge >= 0.3 is 0 Å². The topological polar surface area (TPSA) is 67.3 Å². The summed E-state index contributed by atoms with van der Waals surface area (Å²) < 4.78 is 19.0. The van der Waals surface area contributed by atoms with Crippen molar-refractivity contribution in [2.75, 3.05) is 31.2 Å². The number of amides is 1. The van der Waals surface area contributed by atoms with Crippen LogP contribution in [0, 0.1) is 12.7 Å². The van der Waals surface area contributed by atoms with Gasteiger partial charge in [0.2, 0.25) is 0 Å². The molecule has 0 bridgehead atoms. The Hall–Kier alpha value is -2.54. The summed E-state index contributed by atoms with van der Waals surface area (Å²) in [7, 11) is 0. The SMILES string of the molecule is Cc1cc(N2CCOCC2)nc(CNC(=O)c2ccccc2F)n1. The Labute approximate surface area is 139 Å². The third kappa shape index (κ3) is 3.86. The molecule has 1 aromatic heterocycles. The highest BCUT2D eigenvalue weighted by molar-refractivity contribution is 5.94. The highest BCUT2D eigenvalue weighted by atomic mass is 19.1. The first-order valence-corrected chi connectivity index (χ1v) is 7.83. The Balaban J connectivity index is 1.70. The van der Waals surface area contributed by atoms with Crippen LogP contribution in [-0.4, -0.2) is 42.2 Å². The van der Waals surface area contributed by atoms with Gasteiger partial charge in [0.25, 0.3) is 5.91 Å². The second kappa shape index (κ2) is 7.35. The van der Waals surface area contributed by atoms with Crippen molar-refractivity contribution in [1.29, 1.82) is 0 Å². The van der Waals surface area contributed by atoms with Crippen LogP contribution in [0.15, 0.2) is 30.3 Å². The van der Waals surface area contributed by atoms with Crippen LogP contribution in [-0.2, 0) is 11.3 Å². The Morgan fingerprint density at radius 3 is 2.79 bits per heavy atom. The van der Waals surface area contributed by atoms with E-state index in [1.807, 2.05) is 13.0 Å². The number of halogens is 1. The lowest BCUT2D eigenvalue weighted by Gasteiger charge is -2.28. The maximum atomic E-state index is 13.6. The van der Waals surface area contributed by atoms with E-state index in [9.17, 15) is 9.18 Å². The van der Waals surface area contributed by atoms with E-state index in [2.05, 4.69) is 20.2 Å². The smallest absolute Gasteiger partial charge is 0.254 e. The lowest BCUT2D eigenvalue weighted by atomic mass is 10.2. The van der Waals surface area contributed by atoms with E-state index in [-0.39, 0.29) is 12.1 Å². The molecule has 126 valence electrons. The number of nitrogens with one attached hydrogen (secondary N) is 1. The number of anilines is 1. The second-order valence-corrected chi connectivity index (χ2v) is 5.55. The average Bonchev–Trinajstić information content (AvgIpc) is 2.60. The van der Waals surface area contributed by atoms with Gasteiger partial charge in [0.05, 0.1) is 25.3 Å². The lowest BCUT2D eigenvalue weighted by Crippen LogP contribution is -2.37. The molecule has 3 rings (SSSR count). The third-order valence-corrected chi connectivity index (χ3v) is 3.75. The van der Waals surface area contributed by atoms with E-state index in [1.165, 1.54) is 12.1 Å². The molecule has 0 saturated carbocycles. The summed E-state index contributed by atoms with van der Waals surface area (Å²) >= 11 is 0. The first kappa shape index (κ1) is 16.3. The van der Waals surface area contributed by atoms with Gasteiger partial charge in [-0.25, -0.2) is 14.4 Å². The molecule has 0 unspecified atom stereocenters. The van der Waals surface area contributed by atoms with E-state index in [4.69, 9.17) is 4.74 Å². The standard InChI is InChI=1S/C17H19FN4O2/c1-12-10-16(22-6-8-24-9-7-22)21-15(20-12)11-19-17(23)13-4-2-3-5-14(13)18/h2-5,10H,6-9,11H2,1H3,(H,19,23). The van der Waals surface area contributed by atoms with Crippen molar-refractivity contribution in [1.82, 2.24) is 15.3 Å². The normalized spacial score (nSPS) is 14.5. The summed E-state index contributed by atoms with van der Waals surface area (Å²) in [6.07, 6.45) is 0. The fraction of sp³-hybridized carbons (Fsp3) is 0.353. The predicted octanol–water partition coefficient (Wildman–Crippen LogP) is 1.69. The molecule has 0 spiro atoms. The van der Waals surface area contributed by atoms with Gasteiger partial charge in [-0.2, -0.15) is 0 Å². The zero-order valence-electron chi connectivity index (χ0n) is 13.5. The minimum Gasteiger partial charge on any atom is -0.378 e. The maximum Gasteiger partial charge on any atom is 0.254 e. The number of hydrogen-bond acceptors (Lipinski definition) is 5. The third-order valence-electron chi connectivity index (χ3n) is 3.75. The molecule has 1 aromatic carbocycles. The molecule has 1 amide bonds. The molecule has 0 aliphatic carbocycles. The van der Waals surface area contributed by atoms with Gasteiger partial charge in [0.15, 0.2) is 0 Å². The Morgan fingerprint density at radius 1 is 1.29 bits per heavy atom. The number of benzene rings is 1. The van der Waals surface area contributed by atoms with Gasteiger partial charge in [0.1, 0.15) is 17.5 Å². The number of rotatable bonds is 4. The van der Waals surface area contributed by atoms with Gasteiger partial charge in [-0.05, 0) is 19.1 Å². The largest absolute Gasteiger partial charge is 0.378 e. The van der Waals surface area contributed by atoms with E-state index >= 15 is 0 Å². The lowest BCUT2D eigenvalue weighted by molar-refractivity contribution is 0.0946. The number of aryl methyl sites for hydroxylation is 1. The van der Waals surface area contributed by atoms with E-state index in [0.29, 0.717) is 19.0 Å². The molecular formula is C17H19FN4O2. The van der Waals surface area contributed by atoms with Crippen LogP contribution < -0.4 is 10.2 Å². The summed E-state index contributed by atoms with van der Waals surface area (Å²) in [4.78, 5) is 23.0. The fourth-order valence-electron chi connectivity index (χ4n) is 2.55. The number of morpholine rings is 1. The number of aromatic nitrogens is 2. The fourth-order valence-corrected chi connectivity index (χ4v) is 2.55. The quantitative estimate of drug-likeness (QED) is 0.924. The number of ether oxygens (including phenoxy) is 1.